The van der Waals surface area contributed by atoms with Gasteiger partial charge in [0.15, 0.2) is 5.82 Å². The number of nitrogens with zero attached hydrogens (tertiary/aromatic N) is 10. The van der Waals surface area contributed by atoms with Crippen LogP contribution in [0.25, 0.3) is 134 Å². The summed E-state index contributed by atoms with van der Waals surface area (Å²) < 4.78 is 9.21. The quantitative estimate of drug-likeness (QED) is 0.134. The highest BCUT2D eigenvalue weighted by Gasteiger charge is 2.31. The van der Waals surface area contributed by atoms with Gasteiger partial charge < -0.3 is 9.13 Å². The van der Waals surface area contributed by atoms with Gasteiger partial charge in [-0.1, -0.05) is 235 Å². The highest BCUT2D eigenvalue weighted by Crippen LogP contribution is 2.43. The van der Waals surface area contributed by atoms with Crippen LogP contribution in [0.4, 0.5) is 0 Å². The summed E-state index contributed by atoms with van der Waals surface area (Å²) in [5.41, 5.74) is 13.6. The lowest BCUT2D eigenvalue weighted by Gasteiger charge is -2.17. The van der Waals surface area contributed by atoms with Crippen molar-refractivity contribution in [1.82, 2.24) is 48.2 Å². The van der Waals surface area contributed by atoms with Crippen LogP contribution in [0.3, 0.4) is 0 Å². The summed E-state index contributed by atoms with van der Waals surface area (Å²) in [5, 5.41) is 8.80. The molecule has 386 valence electrons. The lowest BCUT2D eigenvalue weighted by Crippen LogP contribution is -2.55. The van der Waals surface area contributed by atoms with Crippen LogP contribution >= 0.6 is 0 Å². The third kappa shape index (κ3) is 7.24. The summed E-state index contributed by atoms with van der Waals surface area (Å²) in [4.78, 5) is 33.5. The second-order valence-corrected chi connectivity index (χ2v) is 21.0. The first-order valence-electron chi connectivity index (χ1n) is 27.9. The van der Waals surface area contributed by atoms with Crippen LogP contribution in [-0.2, 0) is 0 Å². The van der Waals surface area contributed by atoms with Crippen LogP contribution in [0, 0.1) is 0 Å². The van der Waals surface area contributed by atoms with Crippen molar-refractivity contribution in [3.8, 4) is 46.3 Å². The molecular formula is C72H45BN10. The maximum absolute atomic E-state index is 5.70. The third-order valence-corrected chi connectivity index (χ3v) is 16.4. The Morgan fingerprint density at radius 2 is 0.542 bits per heavy atom. The average molecular weight is 1060 g/mol. The van der Waals surface area contributed by atoms with E-state index in [1.54, 1.807) is 0 Å². The fraction of sp³-hybridized carbons (Fsp3) is 0. The fourth-order valence-electron chi connectivity index (χ4n) is 12.9. The van der Waals surface area contributed by atoms with E-state index < -0.39 is 6.71 Å². The van der Waals surface area contributed by atoms with Crippen LogP contribution in [0.2, 0.25) is 0 Å². The van der Waals surface area contributed by atoms with Gasteiger partial charge in [0.2, 0.25) is 23.5 Å². The largest absolute Gasteiger partial charge is 0.307 e. The Morgan fingerprint density at radius 1 is 0.229 bits per heavy atom. The molecule has 11 aromatic carbocycles. The molecule has 0 fully saturated rings. The Balaban J connectivity index is 1.01. The van der Waals surface area contributed by atoms with E-state index in [9.17, 15) is 0 Å². The molecule has 0 bridgehead atoms. The smallest absolute Gasteiger partial charge is 0.290 e. The lowest BCUT2D eigenvalue weighted by molar-refractivity contribution is 0.918. The summed E-state index contributed by atoms with van der Waals surface area (Å²) in [7, 11) is 0. The van der Waals surface area contributed by atoms with E-state index >= 15 is 0 Å². The standard InChI is InChI=1S/C72H45BN10/c1-6-24-46(25-7-1)67-74-68(77-71(76-67)82-61-40-22-18-36-53(61)57-44-42-55-51-34-16-20-38-59(51)80(63(55)65(57)82)49-30-12-4-13-31-49)69-75-70(73(47-26-8-2-9-27-47)48-28-10-3-11-29-48)79-72(78-69)83-62-41-23-19-37-54(62)58-45-43-56-52-35-17-21-39-60(52)81(64(56)66(58)83)50-32-14-5-15-33-50/h1-45H. The van der Waals surface area contributed by atoms with Crippen molar-refractivity contribution in [3.63, 3.8) is 0 Å². The van der Waals surface area contributed by atoms with Crippen molar-refractivity contribution < 1.29 is 0 Å². The Hall–Kier alpha value is -11.3. The van der Waals surface area contributed by atoms with Gasteiger partial charge in [-0.3, -0.25) is 9.13 Å². The van der Waals surface area contributed by atoms with Gasteiger partial charge in [0, 0.05) is 60.0 Å². The van der Waals surface area contributed by atoms with E-state index in [1.165, 1.54) is 0 Å². The Kier molecular flexibility index (Phi) is 10.5. The summed E-state index contributed by atoms with van der Waals surface area (Å²) in [6.07, 6.45) is 0. The maximum Gasteiger partial charge on any atom is 0.290 e. The number of aromatic nitrogens is 10. The van der Waals surface area contributed by atoms with E-state index in [0.29, 0.717) is 35.1 Å². The Bertz CT molecular complexity index is 5350. The number of hydrogen-bond acceptors (Lipinski definition) is 6. The second kappa shape index (κ2) is 18.7. The second-order valence-electron chi connectivity index (χ2n) is 21.0. The molecule has 0 saturated heterocycles. The number of para-hydroxylation sites is 6. The number of hydrogen-bond donors (Lipinski definition) is 0. The molecule has 6 heterocycles. The van der Waals surface area contributed by atoms with Gasteiger partial charge >= 0.3 is 0 Å². The topological polar surface area (TPSA) is 97.1 Å². The molecule has 6 aromatic heterocycles. The van der Waals surface area contributed by atoms with Gasteiger partial charge in [0.25, 0.3) is 6.71 Å². The molecule has 0 radical (unpaired) electrons. The van der Waals surface area contributed by atoms with E-state index in [2.05, 4.69) is 249 Å². The van der Waals surface area contributed by atoms with Crippen molar-refractivity contribution in [2.45, 2.75) is 0 Å². The number of rotatable bonds is 9. The molecule has 0 atom stereocenters. The van der Waals surface area contributed by atoms with Gasteiger partial charge in [-0.25, -0.2) is 15.0 Å². The predicted molar refractivity (Wildman–Crippen MR) is 339 cm³/mol. The highest BCUT2D eigenvalue weighted by molar-refractivity contribution is 6.94. The summed E-state index contributed by atoms with van der Waals surface area (Å²) in [6, 6.07) is 95.7. The minimum absolute atomic E-state index is 0.296. The van der Waals surface area contributed by atoms with Crippen molar-refractivity contribution >= 4 is 111 Å². The molecule has 0 unspecified atom stereocenters. The first-order valence-corrected chi connectivity index (χ1v) is 27.9. The molecule has 17 aromatic rings. The van der Waals surface area contributed by atoms with Crippen LogP contribution in [0.15, 0.2) is 273 Å². The first-order chi connectivity index (χ1) is 41.2. The molecule has 83 heavy (non-hydrogen) atoms. The number of fused-ring (bicyclic) bond motifs is 14. The molecular weight excluding hydrogens is 1020 g/mol. The fourth-order valence-corrected chi connectivity index (χ4v) is 12.9. The zero-order valence-electron chi connectivity index (χ0n) is 44.5. The molecule has 17 rings (SSSR count). The minimum Gasteiger partial charge on any atom is -0.307 e. The SMILES string of the molecule is c1ccc(B(c2ccccc2)c2nc(-c3nc(-c4ccccc4)nc(-n4c5ccccc5c5ccc6c7ccccc7n(-c7ccccc7)c6c54)n3)nc(-n3c4ccccc4c4ccc5c6ccccc6n(-c6ccccc6)c5c43)n2)cc1. The van der Waals surface area contributed by atoms with E-state index in [-0.39, 0.29) is 0 Å². The zero-order chi connectivity index (χ0) is 54.5. The predicted octanol–water partition coefficient (Wildman–Crippen LogP) is 14.3. The summed E-state index contributed by atoms with van der Waals surface area (Å²) >= 11 is 0. The molecule has 0 N–H and O–H groups in total. The van der Waals surface area contributed by atoms with Gasteiger partial charge in [0.1, 0.15) is 5.72 Å². The third-order valence-electron chi connectivity index (χ3n) is 16.4. The van der Waals surface area contributed by atoms with Crippen LogP contribution in [0.5, 0.6) is 0 Å². The molecule has 0 amide bonds. The monoisotopic (exact) mass is 1060 g/mol. The first kappa shape index (κ1) is 46.6. The van der Waals surface area contributed by atoms with Gasteiger partial charge in [-0.15, -0.1) is 0 Å². The summed E-state index contributed by atoms with van der Waals surface area (Å²) in [6.45, 7) is -0.415. The van der Waals surface area contributed by atoms with Gasteiger partial charge in [-0.2, -0.15) is 15.0 Å². The molecule has 0 aliphatic heterocycles. The zero-order valence-corrected chi connectivity index (χ0v) is 44.5. The lowest BCUT2D eigenvalue weighted by atomic mass is 9.40. The summed E-state index contributed by atoms with van der Waals surface area (Å²) in [5.74, 6) is 1.93. The molecule has 0 spiro atoms. The molecule has 10 nitrogen and oxygen atoms in total. The van der Waals surface area contributed by atoms with Gasteiger partial charge in [0.05, 0.1) is 44.1 Å². The number of benzene rings is 11. The van der Waals surface area contributed by atoms with E-state index in [0.717, 1.165) is 115 Å². The molecule has 0 aliphatic carbocycles. The average Bonchev–Trinajstić information content (AvgIpc) is 2.59. The van der Waals surface area contributed by atoms with Crippen LogP contribution in [-0.4, -0.2) is 54.9 Å². The van der Waals surface area contributed by atoms with Crippen molar-refractivity contribution in [3.05, 3.63) is 273 Å². The minimum atomic E-state index is -0.415. The Morgan fingerprint density at radius 3 is 0.964 bits per heavy atom. The highest BCUT2D eigenvalue weighted by atomic mass is 15.2. The van der Waals surface area contributed by atoms with Gasteiger partial charge in [-0.05, 0) is 48.5 Å². The normalized spacial score (nSPS) is 11.9. The molecule has 11 heteroatoms. The van der Waals surface area contributed by atoms with E-state index in [4.69, 9.17) is 29.9 Å². The van der Waals surface area contributed by atoms with E-state index in [1.807, 2.05) is 42.5 Å². The van der Waals surface area contributed by atoms with Crippen molar-refractivity contribution in [2.24, 2.45) is 0 Å². The molecule has 0 saturated carbocycles. The van der Waals surface area contributed by atoms with Crippen molar-refractivity contribution in [2.75, 3.05) is 0 Å². The van der Waals surface area contributed by atoms with Crippen molar-refractivity contribution in [1.29, 1.82) is 0 Å². The van der Waals surface area contributed by atoms with Crippen LogP contribution < -0.4 is 16.6 Å². The Labute approximate surface area is 475 Å². The van der Waals surface area contributed by atoms with Crippen LogP contribution in [0.1, 0.15) is 0 Å². The molecule has 0 aliphatic rings. The maximum atomic E-state index is 5.70.